The normalized spacial score (nSPS) is 10.4. The van der Waals surface area contributed by atoms with Gasteiger partial charge in [-0.3, -0.25) is 0 Å². The molecule has 0 spiro atoms. The summed E-state index contributed by atoms with van der Waals surface area (Å²) in [6.45, 7) is 1.58. The molecule has 0 aliphatic heterocycles. The van der Waals surface area contributed by atoms with Crippen LogP contribution in [0.5, 0.6) is 11.5 Å². The van der Waals surface area contributed by atoms with Crippen LogP contribution in [0.15, 0.2) is 36.4 Å². The van der Waals surface area contributed by atoms with Gasteiger partial charge in [-0.1, -0.05) is 23.7 Å². The van der Waals surface area contributed by atoms with Crippen LogP contribution in [0.25, 0.3) is 0 Å². The van der Waals surface area contributed by atoms with Gasteiger partial charge in [-0.15, -0.1) is 0 Å². The molecule has 94 valence electrons. The summed E-state index contributed by atoms with van der Waals surface area (Å²) in [7, 11) is 0. The molecule has 0 saturated heterocycles. The lowest BCUT2D eigenvalue weighted by atomic mass is 10.2. The van der Waals surface area contributed by atoms with Crippen LogP contribution in [0.4, 0.5) is 4.39 Å². The van der Waals surface area contributed by atoms with Crippen molar-refractivity contribution in [1.29, 1.82) is 0 Å². The summed E-state index contributed by atoms with van der Waals surface area (Å²) in [4.78, 5) is 0. The average Bonchev–Trinajstić information content (AvgIpc) is 2.34. The van der Waals surface area contributed by atoms with Crippen molar-refractivity contribution < 1.29 is 14.2 Å². The molecule has 4 heteroatoms. The number of hydrogen-bond acceptors (Lipinski definition) is 2. The third-order valence-electron chi connectivity index (χ3n) is 2.60. The zero-order chi connectivity index (χ0) is 13.1. The first kappa shape index (κ1) is 12.9. The van der Waals surface area contributed by atoms with Crippen LogP contribution in [-0.4, -0.2) is 5.11 Å². The van der Waals surface area contributed by atoms with Crippen molar-refractivity contribution in [1.82, 2.24) is 0 Å². The third-order valence-corrected chi connectivity index (χ3v) is 2.96. The molecule has 2 aromatic carbocycles. The Kier molecular flexibility index (Phi) is 3.84. The first-order chi connectivity index (χ1) is 8.61. The fourth-order valence-electron chi connectivity index (χ4n) is 1.59. The Morgan fingerprint density at radius 1 is 1.22 bits per heavy atom. The van der Waals surface area contributed by atoms with E-state index in [2.05, 4.69) is 0 Å². The van der Waals surface area contributed by atoms with Crippen molar-refractivity contribution in [2.45, 2.75) is 13.5 Å². The molecule has 0 aliphatic rings. The van der Waals surface area contributed by atoms with E-state index in [1.165, 1.54) is 12.1 Å². The van der Waals surface area contributed by atoms with Gasteiger partial charge in [0.1, 0.15) is 17.3 Å². The molecule has 2 rings (SSSR count). The number of aryl methyl sites for hydroxylation is 1. The number of aliphatic hydroxyl groups excluding tert-OH is 1. The van der Waals surface area contributed by atoms with Gasteiger partial charge < -0.3 is 9.84 Å². The van der Waals surface area contributed by atoms with Crippen molar-refractivity contribution in [3.05, 3.63) is 58.4 Å². The number of aliphatic hydroxyl groups is 1. The molecule has 0 fully saturated rings. The second-order valence-corrected chi connectivity index (χ2v) is 4.29. The topological polar surface area (TPSA) is 29.5 Å². The van der Waals surface area contributed by atoms with E-state index in [0.717, 1.165) is 5.56 Å². The SMILES string of the molecule is Cc1ccc(F)cc1Oc1cccc(Cl)c1CO. The molecule has 0 bridgehead atoms. The lowest BCUT2D eigenvalue weighted by molar-refractivity contribution is 0.276. The van der Waals surface area contributed by atoms with Gasteiger partial charge in [-0.2, -0.15) is 0 Å². The van der Waals surface area contributed by atoms with E-state index in [9.17, 15) is 9.50 Å². The van der Waals surface area contributed by atoms with E-state index in [-0.39, 0.29) is 12.4 Å². The van der Waals surface area contributed by atoms with Gasteiger partial charge in [0, 0.05) is 16.7 Å². The molecule has 0 radical (unpaired) electrons. The van der Waals surface area contributed by atoms with Crippen molar-refractivity contribution in [3.8, 4) is 11.5 Å². The molecule has 0 aromatic heterocycles. The molecule has 2 aromatic rings. The molecular weight excluding hydrogens is 255 g/mol. The minimum Gasteiger partial charge on any atom is -0.457 e. The van der Waals surface area contributed by atoms with Gasteiger partial charge >= 0.3 is 0 Å². The minimum atomic E-state index is -0.372. The highest BCUT2D eigenvalue weighted by molar-refractivity contribution is 6.31. The first-order valence-electron chi connectivity index (χ1n) is 5.44. The van der Waals surface area contributed by atoms with E-state index >= 15 is 0 Å². The number of benzene rings is 2. The number of hydrogen-bond donors (Lipinski definition) is 1. The molecule has 0 aliphatic carbocycles. The largest absolute Gasteiger partial charge is 0.457 e. The van der Waals surface area contributed by atoms with Gasteiger partial charge in [-0.25, -0.2) is 4.39 Å². The maximum Gasteiger partial charge on any atom is 0.134 e. The predicted octanol–water partition coefficient (Wildman–Crippen LogP) is 4.07. The van der Waals surface area contributed by atoms with Crippen LogP contribution in [0.3, 0.4) is 0 Å². The Labute approximate surface area is 110 Å². The fraction of sp³-hybridized carbons (Fsp3) is 0.143. The zero-order valence-electron chi connectivity index (χ0n) is 9.78. The zero-order valence-corrected chi connectivity index (χ0v) is 10.5. The van der Waals surface area contributed by atoms with Crippen LogP contribution >= 0.6 is 11.6 Å². The van der Waals surface area contributed by atoms with Crippen molar-refractivity contribution in [3.63, 3.8) is 0 Å². The standard InChI is InChI=1S/C14H12ClFO2/c1-9-5-6-10(16)7-14(9)18-13-4-2-3-12(15)11(13)8-17/h2-7,17H,8H2,1H3. The number of halogens is 2. The lowest BCUT2D eigenvalue weighted by Gasteiger charge is -2.12. The molecule has 0 unspecified atom stereocenters. The quantitative estimate of drug-likeness (QED) is 0.907. The molecule has 0 saturated carbocycles. The summed E-state index contributed by atoms with van der Waals surface area (Å²) in [5, 5.41) is 9.68. The molecule has 18 heavy (non-hydrogen) atoms. The van der Waals surface area contributed by atoms with Crippen LogP contribution in [0.1, 0.15) is 11.1 Å². The van der Waals surface area contributed by atoms with E-state index in [4.69, 9.17) is 16.3 Å². The van der Waals surface area contributed by atoms with Crippen LogP contribution in [-0.2, 0) is 6.61 Å². The summed E-state index contributed by atoms with van der Waals surface area (Å²) >= 11 is 5.95. The first-order valence-corrected chi connectivity index (χ1v) is 5.82. The highest BCUT2D eigenvalue weighted by atomic mass is 35.5. The van der Waals surface area contributed by atoms with Crippen molar-refractivity contribution >= 4 is 11.6 Å². The number of rotatable bonds is 3. The van der Waals surface area contributed by atoms with Gasteiger partial charge in [0.2, 0.25) is 0 Å². The van der Waals surface area contributed by atoms with E-state index < -0.39 is 0 Å². The second kappa shape index (κ2) is 5.38. The highest BCUT2D eigenvalue weighted by Crippen LogP contribution is 2.32. The minimum absolute atomic E-state index is 0.233. The molecule has 2 nitrogen and oxygen atoms in total. The third kappa shape index (κ3) is 2.63. The highest BCUT2D eigenvalue weighted by Gasteiger charge is 2.10. The van der Waals surface area contributed by atoms with E-state index in [1.54, 1.807) is 24.3 Å². The van der Waals surface area contributed by atoms with Crippen LogP contribution in [0, 0.1) is 12.7 Å². The lowest BCUT2D eigenvalue weighted by Crippen LogP contribution is -1.94. The Morgan fingerprint density at radius 2 is 2.00 bits per heavy atom. The Bertz CT molecular complexity index is 570. The molecule has 0 atom stereocenters. The summed E-state index contributed by atoms with van der Waals surface area (Å²) < 4.78 is 18.8. The van der Waals surface area contributed by atoms with Crippen molar-refractivity contribution in [2.24, 2.45) is 0 Å². The summed E-state index contributed by atoms with van der Waals surface area (Å²) in [6, 6.07) is 9.37. The van der Waals surface area contributed by atoms with E-state index in [0.29, 0.717) is 22.1 Å². The van der Waals surface area contributed by atoms with Gasteiger partial charge in [0.05, 0.1) is 6.61 Å². The molecule has 0 amide bonds. The van der Waals surface area contributed by atoms with Gasteiger partial charge in [-0.05, 0) is 30.7 Å². The Balaban J connectivity index is 2.40. The monoisotopic (exact) mass is 266 g/mol. The van der Waals surface area contributed by atoms with Crippen molar-refractivity contribution in [2.75, 3.05) is 0 Å². The van der Waals surface area contributed by atoms with Gasteiger partial charge in [0.15, 0.2) is 0 Å². The Hall–Kier alpha value is -1.58. The summed E-state index contributed by atoms with van der Waals surface area (Å²) in [5.41, 5.74) is 1.29. The molecular formula is C14H12ClFO2. The Morgan fingerprint density at radius 3 is 2.72 bits per heavy atom. The molecule has 1 N–H and O–H groups in total. The van der Waals surface area contributed by atoms with Gasteiger partial charge in [0.25, 0.3) is 0 Å². The maximum atomic E-state index is 13.2. The van der Waals surface area contributed by atoms with Crippen LogP contribution in [0.2, 0.25) is 5.02 Å². The number of ether oxygens (including phenoxy) is 1. The molecule has 0 heterocycles. The van der Waals surface area contributed by atoms with Crippen LogP contribution < -0.4 is 4.74 Å². The second-order valence-electron chi connectivity index (χ2n) is 3.89. The summed E-state index contributed by atoms with van der Waals surface area (Å²) in [5.74, 6) is 0.467. The predicted molar refractivity (Wildman–Crippen MR) is 68.6 cm³/mol. The fourth-order valence-corrected chi connectivity index (χ4v) is 1.82. The maximum absolute atomic E-state index is 13.2. The summed E-state index contributed by atoms with van der Waals surface area (Å²) in [6.07, 6.45) is 0. The smallest absolute Gasteiger partial charge is 0.134 e. The average molecular weight is 267 g/mol. The van der Waals surface area contributed by atoms with E-state index in [1.807, 2.05) is 6.92 Å².